The van der Waals surface area contributed by atoms with Gasteiger partial charge < -0.3 is 19.3 Å². The molecule has 0 aromatic heterocycles. The zero-order valence-corrected chi connectivity index (χ0v) is 15.0. The summed E-state index contributed by atoms with van der Waals surface area (Å²) in [5.41, 5.74) is 0.650. The van der Waals surface area contributed by atoms with Gasteiger partial charge in [-0.3, -0.25) is 0 Å². The summed E-state index contributed by atoms with van der Waals surface area (Å²) >= 11 is 0. The SMILES string of the molecule is COc1cccc(N2C[C@@H](C)N(C(=O)OC(C)(C)C)C[C@H]2C)c1. The average molecular weight is 320 g/mol. The Morgan fingerprint density at radius 1 is 1.17 bits per heavy atom. The molecule has 0 bridgehead atoms. The maximum Gasteiger partial charge on any atom is 0.410 e. The van der Waals surface area contributed by atoms with Crippen LogP contribution >= 0.6 is 0 Å². The van der Waals surface area contributed by atoms with Gasteiger partial charge in [-0.15, -0.1) is 0 Å². The molecule has 0 aliphatic carbocycles. The van der Waals surface area contributed by atoms with Crippen LogP contribution < -0.4 is 9.64 Å². The fourth-order valence-electron chi connectivity index (χ4n) is 2.85. The Morgan fingerprint density at radius 3 is 2.48 bits per heavy atom. The number of amides is 1. The molecular weight excluding hydrogens is 292 g/mol. The molecule has 2 atom stereocenters. The van der Waals surface area contributed by atoms with E-state index in [1.165, 1.54) is 0 Å². The lowest BCUT2D eigenvalue weighted by Gasteiger charge is -2.45. The highest BCUT2D eigenvalue weighted by atomic mass is 16.6. The second kappa shape index (κ2) is 6.69. The second-order valence-corrected chi connectivity index (χ2v) is 7.18. The molecule has 1 aliphatic rings. The van der Waals surface area contributed by atoms with Gasteiger partial charge in [0, 0.05) is 36.9 Å². The van der Waals surface area contributed by atoms with Gasteiger partial charge in [0.1, 0.15) is 11.4 Å². The summed E-state index contributed by atoms with van der Waals surface area (Å²) in [5.74, 6) is 0.844. The van der Waals surface area contributed by atoms with Crippen LogP contribution in [-0.2, 0) is 4.74 Å². The minimum absolute atomic E-state index is 0.0900. The molecule has 1 amide bonds. The number of hydrogen-bond acceptors (Lipinski definition) is 4. The highest BCUT2D eigenvalue weighted by Crippen LogP contribution is 2.27. The molecular formula is C18H28N2O3. The van der Waals surface area contributed by atoms with E-state index >= 15 is 0 Å². The van der Waals surface area contributed by atoms with Crippen LogP contribution in [0.3, 0.4) is 0 Å². The molecule has 5 heteroatoms. The van der Waals surface area contributed by atoms with E-state index in [1.54, 1.807) is 7.11 Å². The number of piperazine rings is 1. The van der Waals surface area contributed by atoms with Crippen molar-refractivity contribution >= 4 is 11.8 Å². The molecule has 0 spiro atoms. The van der Waals surface area contributed by atoms with Gasteiger partial charge in [-0.25, -0.2) is 4.79 Å². The summed E-state index contributed by atoms with van der Waals surface area (Å²) in [4.78, 5) is 16.5. The minimum atomic E-state index is -0.468. The third-order valence-corrected chi connectivity index (χ3v) is 4.00. The summed E-state index contributed by atoms with van der Waals surface area (Å²) < 4.78 is 10.8. The number of ether oxygens (including phenoxy) is 2. The molecule has 2 rings (SSSR count). The lowest BCUT2D eigenvalue weighted by Crippen LogP contribution is -2.59. The third kappa shape index (κ3) is 4.30. The van der Waals surface area contributed by atoms with E-state index in [0.29, 0.717) is 6.54 Å². The molecule has 0 radical (unpaired) electrons. The van der Waals surface area contributed by atoms with E-state index in [4.69, 9.17) is 9.47 Å². The molecule has 1 saturated heterocycles. The van der Waals surface area contributed by atoms with Crippen LogP contribution in [0, 0.1) is 0 Å². The maximum atomic E-state index is 12.4. The predicted octanol–water partition coefficient (Wildman–Crippen LogP) is 3.53. The summed E-state index contributed by atoms with van der Waals surface area (Å²) in [5, 5.41) is 0. The van der Waals surface area contributed by atoms with Gasteiger partial charge in [0.2, 0.25) is 0 Å². The normalized spacial score (nSPS) is 22.0. The van der Waals surface area contributed by atoms with Crippen LogP contribution in [0.5, 0.6) is 5.75 Å². The van der Waals surface area contributed by atoms with Gasteiger partial charge in [-0.05, 0) is 46.8 Å². The number of carbonyl (C=O) groups is 1. The molecule has 1 heterocycles. The summed E-state index contributed by atoms with van der Waals surface area (Å²) in [6.07, 6.45) is -0.234. The molecule has 5 nitrogen and oxygen atoms in total. The Morgan fingerprint density at radius 2 is 1.87 bits per heavy atom. The third-order valence-electron chi connectivity index (χ3n) is 4.00. The fraction of sp³-hybridized carbons (Fsp3) is 0.611. The van der Waals surface area contributed by atoms with E-state index in [-0.39, 0.29) is 18.2 Å². The topological polar surface area (TPSA) is 42.0 Å². The van der Waals surface area contributed by atoms with Gasteiger partial charge >= 0.3 is 6.09 Å². The molecule has 128 valence electrons. The number of nitrogens with zero attached hydrogens (tertiary/aromatic N) is 2. The molecule has 0 unspecified atom stereocenters. The monoisotopic (exact) mass is 320 g/mol. The Bertz CT molecular complexity index is 553. The van der Waals surface area contributed by atoms with Gasteiger partial charge in [-0.1, -0.05) is 6.07 Å². The first kappa shape index (κ1) is 17.4. The Labute approximate surface area is 139 Å². The first-order valence-corrected chi connectivity index (χ1v) is 8.11. The number of benzene rings is 1. The van der Waals surface area contributed by atoms with Crippen molar-refractivity contribution in [3.8, 4) is 5.75 Å². The van der Waals surface area contributed by atoms with Crippen molar-refractivity contribution < 1.29 is 14.3 Å². The van der Waals surface area contributed by atoms with Crippen molar-refractivity contribution in [2.75, 3.05) is 25.1 Å². The lowest BCUT2D eigenvalue weighted by atomic mass is 10.1. The molecule has 1 aromatic rings. The van der Waals surface area contributed by atoms with Gasteiger partial charge in [0.25, 0.3) is 0 Å². The van der Waals surface area contributed by atoms with E-state index in [1.807, 2.05) is 43.9 Å². The Balaban J connectivity index is 2.11. The smallest absolute Gasteiger partial charge is 0.410 e. The quantitative estimate of drug-likeness (QED) is 0.836. The van der Waals surface area contributed by atoms with Gasteiger partial charge in [0.05, 0.1) is 7.11 Å². The van der Waals surface area contributed by atoms with E-state index < -0.39 is 5.60 Å². The van der Waals surface area contributed by atoms with Gasteiger partial charge in [-0.2, -0.15) is 0 Å². The number of hydrogen-bond donors (Lipinski definition) is 0. The van der Waals surface area contributed by atoms with Crippen LogP contribution in [0.25, 0.3) is 0 Å². The van der Waals surface area contributed by atoms with Crippen molar-refractivity contribution in [1.82, 2.24) is 4.90 Å². The molecule has 0 N–H and O–H groups in total. The van der Waals surface area contributed by atoms with E-state index in [9.17, 15) is 4.79 Å². The van der Waals surface area contributed by atoms with Crippen molar-refractivity contribution in [3.63, 3.8) is 0 Å². The lowest BCUT2D eigenvalue weighted by molar-refractivity contribution is 0.0130. The summed E-state index contributed by atoms with van der Waals surface area (Å²) in [6, 6.07) is 8.35. The second-order valence-electron chi connectivity index (χ2n) is 7.18. The van der Waals surface area contributed by atoms with Crippen LogP contribution in [0.1, 0.15) is 34.6 Å². The molecule has 1 aromatic carbocycles. The van der Waals surface area contributed by atoms with Crippen molar-refractivity contribution in [3.05, 3.63) is 24.3 Å². The molecule has 1 aliphatic heterocycles. The van der Waals surface area contributed by atoms with Crippen LogP contribution in [0.4, 0.5) is 10.5 Å². The zero-order chi connectivity index (χ0) is 17.2. The summed E-state index contributed by atoms with van der Waals surface area (Å²) in [7, 11) is 1.67. The largest absolute Gasteiger partial charge is 0.497 e. The van der Waals surface area contributed by atoms with Crippen LogP contribution in [0.15, 0.2) is 24.3 Å². The molecule has 1 fully saturated rings. The van der Waals surface area contributed by atoms with E-state index in [0.717, 1.165) is 18.0 Å². The standard InChI is InChI=1S/C18H28N2O3/c1-13-12-20(17(21)23-18(3,4)5)14(2)11-19(13)15-8-7-9-16(10-15)22-6/h7-10,13-14H,11-12H2,1-6H3/t13-,14-/m1/s1. The first-order valence-electron chi connectivity index (χ1n) is 8.11. The van der Waals surface area contributed by atoms with Crippen molar-refractivity contribution in [2.45, 2.75) is 52.3 Å². The van der Waals surface area contributed by atoms with Crippen LogP contribution in [-0.4, -0.2) is 48.9 Å². The summed E-state index contributed by atoms with van der Waals surface area (Å²) in [6.45, 7) is 11.3. The van der Waals surface area contributed by atoms with Crippen molar-refractivity contribution in [2.24, 2.45) is 0 Å². The number of rotatable bonds is 2. The number of anilines is 1. The highest BCUT2D eigenvalue weighted by molar-refractivity contribution is 5.69. The van der Waals surface area contributed by atoms with Crippen LogP contribution in [0.2, 0.25) is 0 Å². The highest BCUT2D eigenvalue weighted by Gasteiger charge is 2.34. The fourth-order valence-corrected chi connectivity index (χ4v) is 2.85. The molecule has 23 heavy (non-hydrogen) atoms. The van der Waals surface area contributed by atoms with Crippen molar-refractivity contribution in [1.29, 1.82) is 0 Å². The number of carbonyl (C=O) groups excluding carboxylic acids is 1. The zero-order valence-electron chi connectivity index (χ0n) is 15.0. The molecule has 0 saturated carbocycles. The van der Waals surface area contributed by atoms with E-state index in [2.05, 4.69) is 24.8 Å². The Hall–Kier alpha value is -1.91. The minimum Gasteiger partial charge on any atom is -0.497 e. The Kier molecular flexibility index (Phi) is 5.07. The first-order chi connectivity index (χ1) is 10.7. The maximum absolute atomic E-state index is 12.4. The average Bonchev–Trinajstić information content (AvgIpc) is 2.47. The van der Waals surface area contributed by atoms with Gasteiger partial charge in [0.15, 0.2) is 0 Å². The predicted molar refractivity (Wildman–Crippen MR) is 92.2 cm³/mol. The number of methoxy groups -OCH3 is 1.